The molecule has 134 valence electrons. The first-order valence-corrected chi connectivity index (χ1v) is 8.90. The first-order valence-electron chi connectivity index (χ1n) is 8.14. The van der Waals surface area contributed by atoms with Crippen LogP contribution in [-0.4, -0.2) is 11.9 Å². The van der Waals surface area contributed by atoms with Gasteiger partial charge in [0.05, 0.1) is 10.0 Å². The number of carbonyl (C=O) groups is 1. The van der Waals surface area contributed by atoms with Gasteiger partial charge in [-0.3, -0.25) is 0 Å². The Morgan fingerprint density at radius 1 is 0.926 bits per heavy atom. The number of esters is 1. The van der Waals surface area contributed by atoms with E-state index in [1.54, 1.807) is 36.4 Å². The second-order valence-corrected chi connectivity index (χ2v) is 6.85. The fourth-order valence-electron chi connectivity index (χ4n) is 2.60. The van der Waals surface area contributed by atoms with Gasteiger partial charge in [-0.05, 0) is 49.4 Å². The van der Waals surface area contributed by atoms with Crippen LogP contribution in [0.4, 0.5) is 0 Å². The Kier molecular flexibility index (Phi) is 4.60. The Labute approximate surface area is 165 Å². The van der Waals surface area contributed by atoms with Gasteiger partial charge in [-0.1, -0.05) is 40.9 Å². The third-order valence-corrected chi connectivity index (χ3v) is 4.77. The molecular formula is C21H13Cl2NO3. The predicted molar refractivity (Wildman–Crippen MR) is 106 cm³/mol. The van der Waals surface area contributed by atoms with Crippen molar-refractivity contribution in [1.29, 1.82) is 0 Å². The minimum absolute atomic E-state index is 0.181. The highest BCUT2D eigenvalue weighted by Crippen LogP contribution is 2.30. The molecule has 1 aromatic heterocycles. The molecule has 0 saturated carbocycles. The minimum atomic E-state index is -0.516. The standard InChI is InChI=1S/C21H13Cl2NO3/c1-12-2-4-13(5-3-12)20-24-18(21(25)27-20)11-15-7-9-19(26-15)14-6-8-16(22)17(23)10-14/h2-11H,1H3. The summed E-state index contributed by atoms with van der Waals surface area (Å²) in [5, 5.41) is 0.915. The van der Waals surface area contributed by atoms with Crippen LogP contribution in [0.2, 0.25) is 10.0 Å². The molecule has 27 heavy (non-hydrogen) atoms. The molecule has 0 unspecified atom stereocenters. The van der Waals surface area contributed by atoms with E-state index in [2.05, 4.69) is 4.99 Å². The van der Waals surface area contributed by atoms with E-state index in [0.717, 1.165) is 16.7 Å². The van der Waals surface area contributed by atoms with E-state index < -0.39 is 5.97 Å². The molecular weight excluding hydrogens is 385 g/mol. The smallest absolute Gasteiger partial charge is 0.363 e. The Bertz CT molecular complexity index is 1090. The largest absolute Gasteiger partial charge is 0.457 e. The zero-order chi connectivity index (χ0) is 19.0. The maximum Gasteiger partial charge on any atom is 0.363 e. The van der Waals surface area contributed by atoms with Crippen molar-refractivity contribution in [2.24, 2.45) is 4.99 Å². The number of cyclic esters (lactones) is 1. The molecule has 0 N–H and O–H groups in total. The van der Waals surface area contributed by atoms with Crippen molar-refractivity contribution in [1.82, 2.24) is 0 Å². The quantitative estimate of drug-likeness (QED) is 0.407. The second-order valence-electron chi connectivity index (χ2n) is 6.03. The van der Waals surface area contributed by atoms with Crippen LogP contribution in [0.3, 0.4) is 0 Å². The number of hydrogen-bond acceptors (Lipinski definition) is 4. The highest BCUT2D eigenvalue weighted by Gasteiger charge is 2.24. The molecule has 4 nitrogen and oxygen atoms in total. The Morgan fingerprint density at radius 2 is 1.67 bits per heavy atom. The number of nitrogens with zero attached hydrogens (tertiary/aromatic N) is 1. The van der Waals surface area contributed by atoms with Crippen LogP contribution in [0.15, 0.2) is 69.7 Å². The van der Waals surface area contributed by atoms with Gasteiger partial charge in [0.15, 0.2) is 5.70 Å². The highest BCUT2D eigenvalue weighted by atomic mass is 35.5. The summed E-state index contributed by atoms with van der Waals surface area (Å²) in [6.07, 6.45) is 1.55. The molecule has 0 radical (unpaired) electrons. The van der Waals surface area contributed by atoms with Gasteiger partial charge in [0, 0.05) is 17.2 Å². The lowest BCUT2D eigenvalue weighted by Gasteiger charge is -1.99. The van der Waals surface area contributed by atoms with Gasteiger partial charge >= 0.3 is 5.97 Å². The molecule has 1 aliphatic heterocycles. The molecule has 0 spiro atoms. The van der Waals surface area contributed by atoms with Crippen LogP contribution in [0.5, 0.6) is 0 Å². The van der Waals surface area contributed by atoms with E-state index in [4.69, 9.17) is 32.4 Å². The van der Waals surface area contributed by atoms with Crippen molar-refractivity contribution in [3.05, 3.63) is 87.2 Å². The number of rotatable bonds is 3. The van der Waals surface area contributed by atoms with Gasteiger partial charge in [0.2, 0.25) is 5.90 Å². The normalized spacial score (nSPS) is 15.1. The Hall–Kier alpha value is -2.82. The maximum absolute atomic E-state index is 12.1. The number of benzene rings is 2. The number of carbonyl (C=O) groups excluding carboxylic acids is 1. The monoisotopic (exact) mass is 397 g/mol. The van der Waals surface area contributed by atoms with Crippen LogP contribution in [0.25, 0.3) is 17.4 Å². The first-order chi connectivity index (χ1) is 13.0. The number of furan rings is 1. The fraction of sp³-hybridized carbons (Fsp3) is 0.0476. The summed E-state index contributed by atoms with van der Waals surface area (Å²) in [4.78, 5) is 16.4. The predicted octanol–water partition coefficient (Wildman–Crippen LogP) is 5.91. The van der Waals surface area contributed by atoms with Crippen molar-refractivity contribution >= 4 is 41.1 Å². The second kappa shape index (κ2) is 7.06. The number of aryl methyl sites for hydroxylation is 1. The van der Waals surface area contributed by atoms with Crippen molar-refractivity contribution in [3.8, 4) is 11.3 Å². The zero-order valence-corrected chi connectivity index (χ0v) is 15.7. The molecule has 0 fully saturated rings. The Balaban J connectivity index is 1.61. The number of ether oxygens (including phenoxy) is 1. The molecule has 2 heterocycles. The SMILES string of the molecule is Cc1ccc(C2=NC(=Cc3ccc(-c4ccc(Cl)c(Cl)c4)o3)C(=O)O2)cc1. The van der Waals surface area contributed by atoms with Crippen molar-refractivity contribution in [3.63, 3.8) is 0 Å². The van der Waals surface area contributed by atoms with E-state index in [1.165, 1.54) is 0 Å². The van der Waals surface area contributed by atoms with Gasteiger partial charge in [-0.25, -0.2) is 9.79 Å². The fourth-order valence-corrected chi connectivity index (χ4v) is 2.90. The van der Waals surface area contributed by atoms with Crippen LogP contribution in [0, 0.1) is 6.92 Å². The summed E-state index contributed by atoms with van der Waals surface area (Å²) in [5.41, 5.74) is 2.82. The van der Waals surface area contributed by atoms with E-state index in [0.29, 0.717) is 21.6 Å². The molecule has 0 bridgehead atoms. The molecule has 2 aromatic carbocycles. The van der Waals surface area contributed by atoms with Crippen LogP contribution < -0.4 is 0 Å². The molecule has 1 aliphatic rings. The molecule has 0 aliphatic carbocycles. The van der Waals surface area contributed by atoms with Gasteiger partial charge in [-0.15, -0.1) is 0 Å². The lowest BCUT2D eigenvalue weighted by atomic mass is 10.1. The molecule has 4 rings (SSSR count). The van der Waals surface area contributed by atoms with Gasteiger partial charge in [-0.2, -0.15) is 0 Å². The van der Waals surface area contributed by atoms with E-state index in [-0.39, 0.29) is 11.6 Å². The van der Waals surface area contributed by atoms with Crippen molar-refractivity contribution in [2.45, 2.75) is 6.92 Å². The Morgan fingerprint density at radius 3 is 2.41 bits per heavy atom. The summed E-state index contributed by atoms with van der Waals surface area (Å²) < 4.78 is 11.0. The molecule has 0 atom stereocenters. The van der Waals surface area contributed by atoms with Crippen molar-refractivity contribution < 1.29 is 13.9 Å². The zero-order valence-electron chi connectivity index (χ0n) is 14.2. The minimum Gasteiger partial charge on any atom is -0.457 e. The van der Waals surface area contributed by atoms with E-state index >= 15 is 0 Å². The summed E-state index contributed by atoms with van der Waals surface area (Å²) >= 11 is 12.0. The van der Waals surface area contributed by atoms with Gasteiger partial charge < -0.3 is 9.15 Å². The van der Waals surface area contributed by atoms with Crippen LogP contribution in [-0.2, 0) is 9.53 Å². The van der Waals surface area contributed by atoms with Crippen LogP contribution >= 0.6 is 23.2 Å². The lowest BCUT2D eigenvalue weighted by molar-refractivity contribution is -0.129. The van der Waals surface area contributed by atoms with Gasteiger partial charge in [0.25, 0.3) is 0 Å². The summed E-state index contributed by atoms with van der Waals surface area (Å²) in [5.74, 6) is 0.854. The third kappa shape index (κ3) is 3.68. The number of halogens is 2. The molecule has 0 amide bonds. The molecule has 0 saturated heterocycles. The average molecular weight is 398 g/mol. The van der Waals surface area contributed by atoms with Crippen LogP contribution in [0.1, 0.15) is 16.9 Å². The average Bonchev–Trinajstić information content (AvgIpc) is 3.26. The van der Waals surface area contributed by atoms with Crippen molar-refractivity contribution in [2.75, 3.05) is 0 Å². The number of aliphatic imine (C=N–C) groups is 1. The highest BCUT2D eigenvalue weighted by molar-refractivity contribution is 6.42. The molecule has 3 aromatic rings. The molecule has 6 heteroatoms. The lowest BCUT2D eigenvalue weighted by Crippen LogP contribution is -2.05. The maximum atomic E-state index is 12.1. The summed E-state index contributed by atoms with van der Waals surface area (Å²) in [7, 11) is 0. The number of hydrogen-bond donors (Lipinski definition) is 0. The topological polar surface area (TPSA) is 51.8 Å². The summed E-state index contributed by atoms with van der Waals surface area (Å²) in [6.45, 7) is 1.99. The van der Waals surface area contributed by atoms with E-state index in [1.807, 2.05) is 31.2 Å². The first kappa shape index (κ1) is 17.6. The summed E-state index contributed by atoms with van der Waals surface area (Å²) in [6, 6.07) is 16.4. The third-order valence-electron chi connectivity index (χ3n) is 4.03. The van der Waals surface area contributed by atoms with Gasteiger partial charge in [0.1, 0.15) is 11.5 Å². The van der Waals surface area contributed by atoms with E-state index in [9.17, 15) is 4.79 Å².